The van der Waals surface area contributed by atoms with Crippen LogP contribution in [0.1, 0.15) is 5.56 Å². The number of carbonyl (C=O) groups excluding carboxylic acids is 1. The quantitative estimate of drug-likeness (QED) is 0.471. The number of rotatable bonds is 4. The fraction of sp³-hybridized carbons (Fsp3) is 0.235. The number of nitrogens with zero attached hydrogens (tertiary/aromatic N) is 2. The van der Waals surface area contributed by atoms with Gasteiger partial charge in [0.25, 0.3) is 0 Å². The highest BCUT2D eigenvalue weighted by Crippen LogP contribution is 2.29. The van der Waals surface area contributed by atoms with E-state index < -0.39 is 36.4 Å². The summed E-state index contributed by atoms with van der Waals surface area (Å²) < 4.78 is 33.8. The van der Waals surface area contributed by atoms with Crippen LogP contribution in [0, 0.1) is 17.0 Å². The minimum absolute atomic E-state index is 0.0709. The molecule has 1 amide bonds. The Morgan fingerprint density at radius 3 is 2.81 bits per heavy atom. The highest BCUT2D eigenvalue weighted by Gasteiger charge is 2.28. The molecule has 27 heavy (non-hydrogen) atoms. The lowest BCUT2D eigenvalue weighted by atomic mass is 10.0. The number of aromatic nitrogens is 1. The normalized spacial score (nSPS) is 13.8. The molecule has 0 aliphatic carbocycles. The van der Waals surface area contributed by atoms with Crippen LogP contribution in [0.15, 0.2) is 30.5 Å². The zero-order valence-corrected chi connectivity index (χ0v) is 14.1. The summed E-state index contributed by atoms with van der Waals surface area (Å²) in [6, 6.07) is 5.58. The van der Waals surface area contributed by atoms with E-state index in [1.54, 1.807) is 4.90 Å². The van der Waals surface area contributed by atoms with E-state index in [9.17, 15) is 18.7 Å². The van der Waals surface area contributed by atoms with Crippen LogP contribution in [-0.2, 0) is 11.3 Å². The number of alkyl carbamates (subject to hydrolysis) is 1. The van der Waals surface area contributed by atoms with E-state index in [0.29, 0.717) is 13.1 Å². The Balaban J connectivity index is 1.78. The lowest BCUT2D eigenvalue weighted by Gasteiger charge is -2.36. The van der Waals surface area contributed by atoms with E-state index in [2.05, 4.69) is 4.98 Å². The van der Waals surface area contributed by atoms with Gasteiger partial charge in [0.2, 0.25) is 0 Å². The van der Waals surface area contributed by atoms with E-state index >= 15 is 0 Å². The van der Waals surface area contributed by atoms with Crippen LogP contribution in [0.4, 0.5) is 19.4 Å². The van der Waals surface area contributed by atoms with Gasteiger partial charge < -0.3 is 20.5 Å². The number of anilines is 1. The number of hydrogen-bond acceptors (Lipinski definition) is 6. The van der Waals surface area contributed by atoms with Crippen LogP contribution < -0.4 is 16.0 Å². The van der Waals surface area contributed by atoms with Crippen molar-refractivity contribution in [3.05, 3.63) is 47.7 Å². The molecule has 0 radical (unpaired) electrons. The average Bonchev–Trinajstić information content (AvgIpc) is 2.58. The molecule has 1 aromatic carbocycles. The van der Waals surface area contributed by atoms with Gasteiger partial charge in [-0.3, -0.25) is 10.7 Å². The molecular weight excluding hydrogens is 360 g/mol. The number of amides is 1. The number of ether oxygens (including phenoxy) is 1. The Morgan fingerprint density at radius 1 is 1.44 bits per heavy atom. The second-order valence-electron chi connectivity index (χ2n) is 5.98. The highest BCUT2D eigenvalue weighted by atomic mass is 19.1. The van der Waals surface area contributed by atoms with Crippen molar-refractivity contribution in [2.45, 2.75) is 12.7 Å². The second kappa shape index (κ2) is 7.54. The Bertz CT molecular complexity index is 887. The van der Waals surface area contributed by atoms with Crippen molar-refractivity contribution < 1.29 is 23.4 Å². The Kier molecular flexibility index (Phi) is 5.17. The van der Waals surface area contributed by atoms with Gasteiger partial charge in [0.1, 0.15) is 12.4 Å². The molecule has 1 saturated heterocycles. The zero-order chi connectivity index (χ0) is 19.6. The van der Waals surface area contributed by atoms with Crippen LogP contribution in [0.25, 0.3) is 11.1 Å². The van der Waals surface area contributed by atoms with E-state index in [-0.39, 0.29) is 22.5 Å². The van der Waals surface area contributed by atoms with E-state index in [0.717, 1.165) is 0 Å². The molecule has 0 spiro atoms. The van der Waals surface area contributed by atoms with Crippen molar-refractivity contribution >= 4 is 17.9 Å². The van der Waals surface area contributed by atoms with Crippen LogP contribution in [0.3, 0.4) is 0 Å². The molecule has 5 N–H and O–H groups in total. The van der Waals surface area contributed by atoms with Crippen molar-refractivity contribution in [3.8, 4) is 11.1 Å². The van der Waals surface area contributed by atoms with Crippen LogP contribution in [-0.4, -0.2) is 41.3 Å². The molecule has 1 aliphatic rings. The number of nitrogens with two attached hydrogens (primary N) is 1. The number of hydrogen-bond donors (Lipinski definition) is 4. The van der Waals surface area contributed by atoms with E-state index in [1.165, 1.54) is 30.5 Å². The molecule has 1 aliphatic heterocycles. The molecule has 1 aromatic heterocycles. The molecule has 10 heteroatoms. The smallest absolute Gasteiger partial charge is 0.414 e. The van der Waals surface area contributed by atoms with Gasteiger partial charge in [0, 0.05) is 36.0 Å². The molecule has 0 unspecified atom stereocenters. The number of halogens is 2. The first-order valence-corrected chi connectivity index (χ1v) is 7.99. The minimum Gasteiger partial charge on any atom is -0.444 e. The third-order valence-electron chi connectivity index (χ3n) is 3.97. The summed E-state index contributed by atoms with van der Waals surface area (Å²) in [5.41, 5.74) is 5.40. The first-order valence-electron chi connectivity index (χ1n) is 7.99. The number of carbonyl (C=O) groups is 1. The number of pyridine rings is 1. The fourth-order valence-corrected chi connectivity index (χ4v) is 2.64. The van der Waals surface area contributed by atoms with Gasteiger partial charge in [-0.05, 0) is 6.07 Å². The lowest BCUT2D eigenvalue weighted by molar-refractivity contribution is 0.140. The summed E-state index contributed by atoms with van der Waals surface area (Å²) in [5, 5.41) is 18.1. The summed E-state index contributed by atoms with van der Waals surface area (Å²) in [6.45, 7) is 0.206. The summed E-state index contributed by atoms with van der Waals surface area (Å²) in [5.74, 6) is -1.79. The molecule has 8 nitrogen and oxygen atoms in total. The predicted molar refractivity (Wildman–Crippen MR) is 93.0 cm³/mol. The van der Waals surface area contributed by atoms with Gasteiger partial charge in [-0.15, -0.1) is 0 Å². The van der Waals surface area contributed by atoms with Crippen molar-refractivity contribution in [2.24, 2.45) is 5.73 Å². The maximum absolute atomic E-state index is 14.7. The van der Waals surface area contributed by atoms with Crippen LogP contribution in [0.2, 0.25) is 0 Å². The number of aliphatic hydroxyl groups is 1. The molecule has 142 valence electrons. The summed E-state index contributed by atoms with van der Waals surface area (Å²) in [7, 11) is 0. The number of nitrogens with one attached hydrogen (secondary N) is 2. The Hall–Kier alpha value is -3.27. The first-order chi connectivity index (χ1) is 12.8. The molecule has 2 heterocycles. The average molecular weight is 377 g/mol. The van der Waals surface area contributed by atoms with Gasteiger partial charge in [-0.1, -0.05) is 18.2 Å². The van der Waals surface area contributed by atoms with Crippen LogP contribution >= 0.6 is 0 Å². The Labute approximate surface area is 153 Å². The van der Waals surface area contributed by atoms with Gasteiger partial charge in [-0.25, -0.2) is 18.6 Å². The predicted octanol–water partition coefficient (Wildman–Crippen LogP) is 1.33. The van der Waals surface area contributed by atoms with E-state index in [1.807, 2.05) is 5.32 Å². The van der Waals surface area contributed by atoms with Gasteiger partial charge >= 0.3 is 6.09 Å². The SMILES string of the molecule is N=C(N)NC(=O)OCc1cccc(-c2cnc(N3CC(O)C3)c(F)c2)c1F. The first kappa shape index (κ1) is 18.5. The molecular formula is C17H17F2N5O3. The molecule has 0 saturated carbocycles. The summed E-state index contributed by atoms with van der Waals surface area (Å²) in [4.78, 5) is 16.9. The zero-order valence-electron chi connectivity index (χ0n) is 14.1. The Morgan fingerprint density at radius 2 is 2.19 bits per heavy atom. The van der Waals surface area contributed by atoms with Crippen molar-refractivity contribution in [1.82, 2.24) is 10.3 Å². The lowest BCUT2D eigenvalue weighted by Crippen LogP contribution is -2.51. The summed E-state index contributed by atoms with van der Waals surface area (Å²) in [6.07, 6.45) is -0.143. The molecule has 1 fully saturated rings. The van der Waals surface area contributed by atoms with Crippen LogP contribution in [0.5, 0.6) is 0 Å². The number of benzene rings is 1. The van der Waals surface area contributed by atoms with Crippen molar-refractivity contribution in [1.29, 1.82) is 5.41 Å². The maximum atomic E-state index is 14.7. The molecule has 2 aromatic rings. The standard InChI is InChI=1S/C17H17F2N5O3/c18-13-4-10(5-22-15(13)24-6-11(25)7-24)12-3-1-2-9(14(12)19)8-27-17(26)23-16(20)21/h1-5,11,25H,6-8H2,(H4,20,21,23,26). The van der Waals surface area contributed by atoms with Gasteiger partial charge in [-0.2, -0.15) is 0 Å². The molecule has 3 rings (SSSR count). The molecule has 0 atom stereocenters. The monoisotopic (exact) mass is 377 g/mol. The van der Waals surface area contributed by atoms with Crippen molar-refractivity contribution in [3.63, 3.8) is 0 Å². The number of aliphatic hydroxyl groups excluding tert-OH is 1. The third kappa shape index (κ3) is 4.11. The minimum atomic E-state index is -0.985. The van der Waals surface area contributed by atoms with Crippen molar-refractivity contribution in [2.75, 3.05) is 18.0 Å². The number of guanidine groups is 1. The topological polar surface area (TPSA) is 125 Å². The maximum Gasteiger partial charge on any atom is 0.414 e. The fourth-order valence-electron chi connectivity index (χ4n) is 2.64. The largest absolute Gasteiger partial charge is 0.444 e. The molecule has 0 bridgehead atoms. The van der Waals surface area contributed by atoms with Gasteiger partial charge in [0.05, 0.1) is 6.10 Å². The van der Waals surface area contributed by atoms with Gasteiger partial charge in [0.15, 0.2) is 17.6 Å². The van der Waals surface area contributed by atoms with E-state index in [4.69, 9.17) is 15.9 Å². The number of β-amino-alcohol motifs (C(OH)–C–C–N with tert-alkyl or cyclic N) is 1. The highest BCUT2D eigenvalue weighted by molar-refractivity contribution is 5.90. The third-order valence-corrected chi connectivity index (χ3v) is 3.97. The summed E-state index contributed by atoms with van der Waals surface area (Å²) >= 11 is 0. The second-order valence-corrected chi connectivity index (χ2v) is 5.98.